The SMILES string of the molecule is CCCC=C(C)/C=C/c1ccc(CCC)cc1. The zero-order chi connectivity index (χ0) is 12.5. The summed E-state index contributed by atoms with van der Waals surface area (Å²) in [5.74, 6) is 0. The van der Waals surface area contributed by atoms with Crippen LogP contribution >= 0.6 is 0 Å². The quantitative estimate of drug-likeness (QED) is 0.572. The van der Waals surface area contributed by atoms with Gasteiger partial charge in [-0.15, -0.1) is 0 Å². The molecular weight excluding hydrogens is 204 g/mol. The largest absolute Gasteiger partial charge is 0.0816 e. The maximum absolute atomic E-state index is 2.29. The highest BCUT2D eigenvalue weighted by atomic mass is 14.0. The summed E-state index contributed by atoms with van der Waals surface area (Å²) in [7, 11) is 0. The second kappa shape index (κ2) is 7.89. The van der Waals surface area contributed by atoms with Gasteiger partial charge in [0.15, 0.2) is 0 Å². The molecule has 1 rings (SSSR count). The Morgan fingerprint density at radius 2 is 1.76 bits per heavy atom. The molecule has 0 unspecified atom stereocenters. The Morgan fingerprint density at radius 1 is 1.06 bits per heavy atom. The van der Waals surface area contributed by atoms with Crippen molar-refractivity contribution in [3.8, 4) is 0 Å². The first-order chi connectivity index (χ1) is 8.26. The molecule has 0 aliphatic carbocycles. The van der Waals surface area contributed by atoms with Crippen LogP contribution in [0.2, 0.25) is 0 Å². The first-order valence-corrected chi connectivity index (χ1v) is 6.70. The molecule has 0 saturated heterocycles. The van der Waals surface area contributed by atoms with Gasteiger partial charge >= 0.3 is 0 Å². The Labute approximate surface area is 106 Å². The minimum absolute atomic E-state index is 1.17. The highest BCUT2D eigenvalue weighted by molar-refractivity contribution is 5.53. The lowest BCUT2D eigenvalue weighted by molar-refractivity contribution is 0.922. The molecule has 0 nitrogen and oxygen atoms in total. The van der Waals surface area contributed by atoms with Gasteiger partial charge in [-0.05, 0) is 30.9 Å². The average Bonchev–Trinajstić information content (AvgIpc) is 2.36. The lowest BCUT2D eigenvalue weighted by atomic mass is 10.1. The van der Waals surface area contributed by atoms with E-state index in [1.165, 1.54) is 42.4 Å². The van der Waals surface area contributed by atoms with Gasteiger partial charge in [0.1, 0.15) is 0 Å². The molecule has 17 heavy (non-hydrogen) atoms. The first-order valence-electron chi connectivity index (χ1n) is 6.70. The zero-order valence-electron chi connectivity index (χ0n) is 11.4. The van der Waals surface area contributed by atoms with E-state index in [1.54, 1.807) is 0 Å². The summed E-state index contributed by atoms with van der Waals surface area (Å²) in [6.07, 6.45) is 11.5. The van der Waals surface area contributed by atoms with Crippen LogP contribution in [0, 0.1) is 0 Å². The van der Waals surface area contributed by atoms with Gasteiger partial charge in [-0.3, -0.25) is 0 Å². The third kappa shape index (κ3) is 5.53. The van der Waals surface area contributed by atoms with Crippen molar-refractivity contribution in [3.63, 3.8) is 0 Å². The van der Waals surface area contributed by atoms with Crippen molar-refractivity contribution in [2.75, 3.05) is 0 Å². The molecule has 0 N–H and O–H groups in total. The van der Waals surface area contributed by atoms with Crippen molar-refractivity contribution in [3.05, 3.63) is 53.1 Å². The van der Waals surface area contributed by atoms with Gasteiger partial charge in [0.05, 0.1) is 0 Å². The number of aryl methyl sites for hydroxylation is 1. The monoisotopic (exact) mass is 228 g/mol. The fourth-order valence-electron chi connectivity index (χ4n) is 1.75. The van der Waals surface area contributed by atoms with Crippen molar-refractivity contribution < 1.29 is 0 Å². The third-order valence-corrected chi connectivity index (χ3v) is 2.81. The van der Waals surface area contributed by atoms with E-state index in [1.807, 2.05) is 0 Å². The molecule has 0 bridgehead atoms. The molecule has 0 amide bonds. The van der Waals surface area contributed by atoms with E-state index in [4.69, 9.17) is 0 Å². The predicted octanol–water partition coefficient (Wildman–Crippen LogP) is 5.40. The molecule has 1 aromatic carbocycles. The van der Waals surface area contributed by atoms with Crippen LogP contribution in [-0.4, -0.2) is 0 Å². The molecule has 1 aromatic rings. The van der Waals surface area contributed by atoms with Crippen LogP contribution in [0.5, 0.6) is 0 Å². The molecule has 92 valence electrons. The van der Waals surface area contributed by atoms with Crippen molar-refractivity contribution in [1.29, 1.82) is 0 Å². The summed E-state index contributed by atoms with van der Waals surface area (Å²) in [5.41, 5.74) is 4.07. The molecule has 0 aromatic heterocycles. The lowest BCUT2D eigenvalue weighted by Gasteiger charge is -1.99. The highest BCUT2D eigenvalue weighted by Crippen LogP contribution is 2.10. The smallest absolute Gasteiger partial charge is 0.0256 e. The topological polar surface area (TPSA) is 0 Å². The van der Waals surface area contributed by atoms with Crippen LogP contribution < -0.4 is 0 Å². The lowest BCUT2D eigenvalue weighted by Crippen LogP contribution is -1.82. The zero-order valence-corrected chi connectivity index (χ0v) is 11.4. The second-order valence-electron chi connectivity index (χ2n) is 4.56. The van der Waals surface area contributed by atoms with E-state index in [9.17, 15) is 0 Å². The molecule has 0 saturated carbocycles. The van der Waals surface area contributed by atoms with Gasteiger partial charge < -0.3 is 0 Å². The van der Waals surface area contributed by atoms with Crippen molar-refractivity contribution >= 4 is 6.08 Å². The molecule has 0 spiro atoms. The van der Waals surface area contributed by atoms with Crippen molar-refractivity contribution in [2.45, 2.75) is 46.5 Å². The van der Waals surface area contributed by atoms with Crippen LogP contribution in [0.25, 0.3) is 6.08 Å². The van der Waals surface area contributed by atoms with E-state index in [0.717, 1.165) is 0 Å². The number of hydrogen-bond donors (Lipinski definition) is 0. The number of hydrogen-bond acceptors (Lipinski definition) is 0. The molecule has 0 heterocycles. The molecule has 0 aliphatic rings. The number of rotatable bonds is 6. The van der Waals surface area contributed by atoms with Gasteiger partial charge in [-0.2, -0.15) is 0 Å². The summed E-state index contributed by atoms with van der Waals surface area (Å²) >= 11 is 0. The van der Waals surface area contributed by atoms with Gasteiger partial charge in [-0.25, -0.2) is 0 Å². The normalized spacial score (nSPS) is 12.3. The van der Waals surface area contributed by atoms with Crippen LogP contribution in [0.3, 0.4) is 0 Å². The van der Waals surface area contributed by atoms with E-state index < -0.39 is 0 Å². The second-order valence-corrected chi connectivity index (χ2v) is 4.56. The third-order valence-electron chi connectivity index (χ3n) is 2.81. The Kier molecular flexibility index (Phi) is 6.39. The van der Waals surface area contributed by atoms with Crippen LogP contribution in [0.4, 0.5) is 0 Å². The van der Waals surface area contributed by atoms with Gasteiger partial charge in [0, 0.05) is 0 Å². The summed E-state index contributed by atoms with van der Waals surface area (Å²) in [6.45, 7) is 6.59. The molecule has 0 aliphatic heterocycles. The Morgan fingerprint density at radius 3 is 2.35 bits per heavy atom. The number of unbranched alkanes of at least 4 members (excludes halogenated alkanes) is 1. The summed E-state index contributed by atoms with van der Waals surface area (Å²) < 4.78 is 0. The molecule has 0 atom stereocenters. The molecule has 0 fully saturated rings. The van der Waals surface area contributed by atoms with Gasteiger partial charge in [-0.1, -0.05) is 74.8 Å². The van der Waals surface area contributed by atoms with E-state index in [0.29, 0.717) is 0 Å². The minimum atomic E-state index is 1.17. The fraction of sp³-hybridized carbons (Fsp3) is 0.412. The Hall–Kier alpha value is -1.30. The molecule has 0 heteroatoms. The van der Waals surface area contributed by atoms with E-state index >= 15 is 0 Å². The fourth-order valence-corrected chi connectivity index (χ4v) is 1.75. The standard InChI is InChI=1S/C17H24/c1-4-6-8-15(3)9-10-17-13-11-16(7-5-2)12-14-17/h8-14H,4-7H2,1-3H3/b10-9+,15-8?. The minimum Gasteiger partial charge on any atom is -0.0816 e. The van der Waals surface area contributed by atoms with Crippen LogP contribution in [-0.2, 0) is 6.42 Å². The number of benzene rings is 1. The first kappa shape index (κ1) is 13.8. The van der Waals surface area contributed by atoms with Gasteiger partial charge in [0.25, 0.3) is 0 Å². The van der Waals surface area contributed by atoms with Crippen molar-refractivity contribution in [1.82, 2.24) is 0 Å². The number of allylic oxidation sites excluding steroid dienone is 3. The van der Waals surface area contributed by atoms with Crippen molar-refractivity contribution in [2.24, 2.45) is 0 Å². The molecular formula is C17H24. The van der Waals surface area contributed by atoms with Gasteiger partial charge in [0.2, 0.25) is 0 Å². The van der Waals surface area contributed by atoms with Crippen LogP contribution in [0.1, 0.15) is 51.2 Å². The maximum atomic E-state index is 2.29. The Bertz CT molecular complexity index is 366. The van der Waals surface area contributed by atoms with E-state index in [-0.39, 0.29) is 0 Å². The maximum Gasteiger partial charge on any atom is -0.0256 e. The van der Waals surface area contributed by atoms with Crippen LogP contribution in [0.15, 0.2) is 42.0 Å². The average molecular weight is 228 g/mol. The van der Waals surface area contributed by atoms with E-state index in [2.05, 4.69) is 63.3 Å². The highest BCUT2D eigenvalue weighted by Gasteiger charge is 1.91. The summed E-state index contributed by atoms with van der Waals surface area (Å²) in [6, 6.07) is 8.87. The predicted molar refractivity (Wildman–Crippen MR) is 78.1 cm³/mol. The summed E-state index contributed by atoms with van der Waals surface area (Å²) in [5, 5.41) is 0. The summed E-state index contributed by atoms with van der Waals surface area (Å²) in [4.78, 5) is 0. The Balaban J connectivity index is 2.59. The molecule has 0 radical (unpaired) electrons.